The molecular formula is C34H35ClN6O4. The molecule has 0 aliphatic carbocycles. The summed E-state index contributed by atoms with van der Waals surface area (Å²) in [5.74, 6) is 0.968. The van der Waals surface area contributed by atoms with Crippen molar-refractivity contribution in [2.75, 3.05) is 25.6 Å². The van der Waals surface area contributed by atoms with Crippen molar-refractivity contribution >= 4 is 33.9 Å². The van der Waals surface area contributed by atoms with Crippen molar-refractivity contribution in [1.29, 1.82) is 0 Å². The highest BCUT2D eigenvalue weighted by molar-refractivity contribution is 6.36. The van der Waals surface area contributed by atoms with Crippen LogP contribution in [-0.4, -0.2) is 57.3 Å². The molecule has 11 heteroatoms. The Kier molecular flexibility index (Phi) is 8.82. The van der Waals surface area contributed by atoms with Crippen LogP contribution in [0.5, 0.6) is 5.88 Å². The van der Waals surface area contributed by atoms with Gasteiger partial charge < -0.3 is 25.2 Å². The normalized spacial score (nSPS) is 16.6. The summed E-state index contributed by atoms with van der Waals surface area (Å²) in [5, 5.41) is 23.0. The zero-order valence-electron chi connectivity index (χ0n) is 25.6. The molecule has 2 aromatic carbocycles. The lowest BCUT2D eigenvalue weighted by atomic mass is 9.96. The van der Waals surface area contributed by atoms with Gasteiger partial charge in [-0.15, -0.1) is 0 Å². The van der Waals surface area contributed by atoms with Crippen LogP contribution in [0.15, 0.2) is 65.6 Å². The minimum Gasteiger partial charge on any atom is -0.481 e. The fourth-order valence-electron chi connectivity index (χ4n) is 5.74. The molecular weight excluding hydrogens is 592 g/mol. The number of ether oxygens (including phenoxy) is 2. The molecule has 1 aliphatic heterocycles. The van der Waals surface area contributed by atoms with Crippen LogP contribution in [0.4, 0.5) is 11.5 Å². The highest BCUT2D eigenvalue weighted by atomic mass is 35.5. The second-order valence-electron chi connectivity index (χ2n) is 11.2. The van der Waals surface area contributed by atoms with Crippen molar-refractivity contribution in [2.45, 2.75) is 39.0 Å². The Balaban J connectivity index is 1.32. The van der Waals surface area contributed by atoms with Crippen LogP contribution in [0.25, 0.3) is 33.2 Å². The maximum Gasteiger partial charge on any atom is 0.278 e. The summed E-state index contributed by atoms with van der Waals surface area (Å²) < 4.78 is 12.3. The third-order valence-corrected chi connectivity index (χ3v) is 8.63. The van der Waals surface area contributed by atoms with E-state index >= 15 is 0 Å². The molecule has 45 heavy (non-hydrogen) atoms. The van der Waals surface area contributed by atoms with E-state index in [-0.39, 0.29) is 11.6 Å². The number of halogens is 1. The van der Waals surface area contributed by atoms with Crippen molar-refractivity contribution in [1.82, 2.24) is 25.1 Å². The Hall–Kier alpha value is -4.35. The first-order valence-electron chi connectivity index (χ1n) is 14.8. The molecule has 1 aliphatic rings. The molecule has 0 radical (unpaired) electrons. The Morgan fingerprint density at radius 2 is 1.87 bits per heavy atom. The minimum absolute atomic E-state index is 0.0504. The maximum absolute atomic E-state index is 13.0. The summed E-state index contributed by atoms with van der Waals surface area (Å²) in [4.78, 5) is 22.5. The van der Waals surface area contributed by atoms with E-state index in [2.05, 4.69) is 20.7 Å². The summed E-state index contributed by atoms with van der Waals surface area (Å²) in [6.45, 7) is 5.35. The van der Waals surface area contributed by atoms with E-state index < -0.39 is 6.10 Å². The zero-order valence-corrected chi connectivity index (χ0v) is 26.4. The van der Waals surface area contributed by atoms with Crippen molar-refractivity contribution in [3.63, 3.8) is 0 Å². The molecule has 232 valence electrons. The monoisotopic (exact) mass is 626 g/mol. The van der Waals surface area contributed by atoms with Gasteiger partial charge in [0, 0.05) is 59.7 Å². The number of aromatic nitrogens is 4. The summed E-state index contributed by atoms with van der Waals surface area (Å²) in [7, 11) is 3.22. The number of aliphatic hydroxyl groups is 1. The van der Waals surface area contributed by atoms with Crippen molar-refractivity contribution in [3.8, 4) is 28.3 Å². The Labute approximate surface area is 266 Å². The highest BCUT2D eigenvalue weighted by Gasteiger charge is 2.24. The number of methoxy groups -OCH3 is 1. The number of nitrogens with one attached hydrogen (secondary N) is 2. The van der Waals surface area contributed by atoms with E-state index in [1.54, 1.807) is 20.4 Å². The fraction of sp³-hybridized carbons (Fsp3) is 0.294. The molecule has 3 aromatic heterocycles. The summed E-state index contributed by atoms with van der Waals surface area (Å²) in [6.07, 6.45) is 1.86. The average Bonchev–Trinajstić information content (AvgIpc) is 3.03. The molecule has 0 saturated carbocycles. The second kappa shape index (κ2) is 12.9. The van der Waals surface area contributed by atoms with Gasteiger partial charge in [0.25, 0.3) is 5.56 Å². The quantitative estimate of drug-likeness (QED) is 0.210. The van der Waals surface area contributed by atoms with Gasteiger partial charge >= 0.3 is 0 Å². The van der Waals surface area contributed by atoms with Crippen LogP contribution in [0.1, 0.15) is 23.2 Å². The van der Waals surface area contributed by atoms with Gasteiger partial charge in [0.1, 0.15) is 5.82 Å². The standard InChI is InChI=1S/C34H35ClN6O4/c1-19-15-22-17-37-41(3)34(43)30(22)32(38-19)39-26-10-6-7-23(20(26)2)24-8-5-9-25(31(24)35)27-12-11-21(33(40-27)44-4)16-36-28-13-14-45-18-29(28)42/h5-12,15,17,28-29,36,42H,13-14,16,18H2,1-4H3,(H,38,39). The van der Waals surface area contributed by atoms with Crippen molar-refractivity contribution in [3.05, 3.63) is 93.0 Å². The number of hydrogen-bond donors (Lipinski definition) is 3. The van der Waals surface area contributed by atoms with Crippen molar-refractivity contribution in [2.24, 2.45) is 7.05 Å². The van der Waals surface area contributed by atoms with E-state index in [4.69, 9.17) is 26.1 Å². The van der Waals surface area contributed by atoms with E-state index in [0.717, 1.165) is 51.0 Å². The van der Waals surface area contributed by atoms with Crippen LogP contribution in [0, 0.1) is 13.8 Å². The number of benzene rings is 2. The maximum atomic E-state index is 13.0. The molecule has 1 fully saturated rings. The first kappa shape index (κ1) is 30.7. The number of aryl methyl sites for hydroxylation is 2. The Bertz CT molecular complexity index is 1950. The lowest BCUT2D eigenvalue weighted by Gasteiger charge is -2.28. The minimum atomic E-state index is -0.548. The van der Waals surface area contributed by atoms with E-state index in [9.17, 15) is 9.90 Å². The van der Waals surface area contributed by atoms with Gasteiger partial charge in [-0.25, -0.2) is 14.6 Å². The number of hydrogen-bond acceptors (Lipinski definition) is 9. The number of pyridine rings is 2. The summed E-state index contributed by atoms with van der Waals surface area (Å²) >= 11 is 7.10. The van der Waals surface area contributed by atoms with Gasteiger partial charge in [-0.3, -0.25) is 4.79 Å². The highest BCUT2D eigenvalue weighted by Crippen LogP contribution is 2.40. The molecule has 10 nitrogen and oxygen atoms in total. The molecule has 0 bridgehead atoms. The third kappa shape index (κ3) is 6.14. The van der Waals surface area contributed by atoms with Crippen molar-refractivity contribution < 1.29 is 14.6 Å². The zero-order chi connectivity index (χ0) is 31.7. The van der Waals surface area contributed by atoms with Gasteiger partial charge in [0.15, 0.2) is 0 Å². The largest absolute Gasteiger partial charge is 0.481 e. The molecule has 2 atom stereocenters. The average molecular weight is 627 g/mol. The molecule has 0 amide bonds. The fourth-order valence-corrected chi connectivity index (χ4v) is 6.06. The van der Waals surface area contributed by atoms with Crippen LogP contribution < -0.4 is 20.9 Å². The second-order valence-corrected chi connectivity index (χ2v) is 11.6. The Morgan fingerprint density at radius 1 is 1.09 bits per heavy atom. The molecule has 2 unspecified atom stereocenters. The molecule has 1 saturated heterocycles. The summed E-state index contributed by atoms with van der Waals surface area (Å²) in [5.41, 5.74) is 6.41. The van der Waals surface area contributed by atoms with E-state index in [1.807, 2.05) is 68.4 Å². The summed E-state index contributed by atoms with van der Waals surface area (Å²) in [6, 6.07) is 17.5. The van der Waals surface area contributed by atoms with Crippen LogP contribution in [-0.2, 0) is 18.3 Å². The van der Waals surface area contributed by atoms with E-state index in [1.165, 1.54) is 4.68 Å². The number of aliphatic hydroxyl groups excluding tert-OH is 1. The van der Waals surface area contributed by atoms with Crippen LogP contribution in [0.2, 0.25) is 5.02 Å². The van der Waals surface area contributed by atoms with Gasteiger partial charge in [-0.05, 0) is 49.6 Å². The van der Waals surface area contributed by atoms with Crippen LogP contribution >= 0.6 is 11.6 Å². The topological polar surface area (TPSA) is 123 Å². The number of nitrogens with zero attached hydrogens (tertiary/aromatic N) is 4. The number of anilines is 2. The molecule has 5 aromatic rings. The number of fused-ring (bicyclic) bond motifs is 1. The van der Waals surface area contributed by atoms with E-state index in [0.29, 0.717) is 47.6 Å². The molecule has 4 heterocycles. The predicted octanol–water partition coefficient (Wildman–Crippen LogP) is 5.32. The predicted molar refractivity (Wildman–Crippen MR) is 176 cm³/mol. The SMILES string of the molecule is COc1nc(-c2cccc(-c3cccc(Nc4nc(C)cc5cnn(C)c(=O)c45)c3C)c2Cl)ccc1CNC1CCOCC1O. The molecule has 6 rings (SSSR count). The molecule has 0 spiro atoms. The van der Waals surface area contributed by atoms with Gasteiger partial charge in [-0.2, -0.15) is 5.10 Å². The third-order valence-electron chi connectivity index (χ3n) is 8.22. The van der Waals surface area contributed by atoms with Gasteiger partial charge in [0.2, 0.25) is 5.88 Å². The lowest BCUT2D eigenvalue weighted by Crippen LogP contribution is -2.46. The van der Waals surface area contributed by atoms with Gasteiger partial charge in [-0.1, -0.05) is 48.0 Å². The molecule has 3 N–H and O–H groups in total. The first-order chi connectivity index (χ1) is 21.7. The first-order valence-corrected chi connectivity index (χ1v) is 15.2. The lowest BCUT2D eigenvalue weighted by molar-refractivity contribution is -0.0281. The van der Waals surface area contributed by atoms with Gasteiger partial charge in [0.05, 0.1) is 42.1 Å². The smallest absolute Gasteiger partial charge is 0.278 e. The number of rotatable bonds is 8. The Morgan fingerprint density at radius 3 is 2.67 bits per heavy atom. The van der Waals surface area contributed by atoms with Crippen LogP contribution in [0.3, 0.4) is 0 Å².